The van der Waals surface area contributed by atoms with Gasteiger partial charge in [-0.25, -0.2) is 10.2 Å². The van der Waals surface area contributed by atoms with Crippen LogP contribution in [0.25, 0.3) is 10.9 Å². The number of fused-ring (bicyclic) bond motifs is 1. The van der Waals surface area contributed by atoms with E-state index in [9.17, 15) is 9.59 Å². The average Bonchev–Trinajstić information content (AvgIpc) is 2.76. The van der Waals surface area contributed by atoms with Crippen LogP contribution in [0.2, 0.25) is 0 Å². The second-order valence-electron chi connectivity index (χ2n) is 6.01. The third kappa shape index (κ3) is 5.44. The van der Waals surface area contributed by atoms with Gasteiger partial charge in [0.15, 0.2) is 24.7 Å². The Balaban J connectivity index is 1.55. The number of benzene rings is 2. The SMILES string of the molecule is COc1cc(/C=N\NC(=O)COc2cccc3cccnc23)ccc1OCC(=O)O. The van der Waals surface area contributed by atoms with Gasteiger partial charge in [-0.05, 0) is 35.9 Å². The van der Waals surface area contributed by atoms with Crippen LogP contribution in [0.5, 0.6) is 17.2 Å². The fourth-order valence-corrected chi connectivity index (χ4v) is 2.57. The molecule has 0 aliphatic heterocycles. The number of nitrogens with one attached hydrogen (secondary N) is 1. The Morgan fingerprint density at radius 3 is 2.67 bits per heavy atom. The van der Waals surface area contributed by atoms with Crippen molar-refractivity contribution in [3.05, 3.63) is 60.3 Å². The number of aliphatic carboxylic acids is 1. The van der Waals surface area contributed by atoms with E-state index in [0.29, 0.717) is 22.6 Å². The zero-order chi connectivity index (χ0) is 21.3. The first kappa shape index (κ1) is 20.6. The number of rotatable bonds is 9. The smallest absolute Gasteiger partial charge is 0.341 e. The summed E-state index contributed by atoms with van der Waals surface area (Å²) in [7, 11) is 1.44. The molecule has 0 radical (unpaired) electrons. The molecule has 0 unspecified atom stereocenters. The number of amides is 1. The van der Waals surface area contributed by atoms with Crippen molar-refractivity contribution < 1.29 is 28.9 Å². The van der Waals surface area contributed by atoms with E-state index in [2.05, 4.69) is 15.5 Å². The topological polar surface area (TPSA) is 119 Å². The first-order valence-electron chi connectivity index (χ1n) is 8.88. The molecular weight excluding hydrogens is 390 g/mol. The van der Waals surface area contributed by atoms with Crippen molar-refractivity contribution in [2.45, 2.75) is 0 Å². The van der Waals surface area contributed by atoms with Crippen LogP contribution in [0.4, 0.5) is 0 Å². The van der Waals surface area contributed by atoms with Crippen LogP contribution in [0.1, 0.15) is 5.56 Å². The number of ether oxygens (including phenoxy) is 3. The van der Waals surface area contributed by atoms with E-state index in [1.54, 1.807) is 30.5 Å². The van der Waals surface area contributed by atoms with Crippen LogP contribution in [0.15, 0.2) is 59.8 Å². The van der Waals surface area contributed by atoms with Crippen LogP contribution in [0.3, 0.4) is 0 Å². The Morgan fingerprint density at radius 2 is 1.87 bits per heavy atom. The summed E-state index contributed by atoms with van der Waals surface area (Å²) in [5.41, 5.74) is 3.67. The van der Waals surface area contributed by atoms with Crippen LogP contribution in [-0.4, -0.2) is 48.5 Å². The molecule has 2 aromatic carbocycles. The highest BCUT2D eigenvalue weighted by molar-refractivity contribution is 5.86. The predicted octanol–water partition coefficient (Wildman–Crippen LogP) is 2.24. The number of methoxy groups -OCH3 is 1. The Labute approximate surface area is 171 Å². The first-order chi connectivity index (χ1) is 14.6. The molecule has 154 valence electrons. The predicted molar refractivity (Wildman–Crippen MR) is 109 cm³/mol. The molecule has 0 spiro atoms. The maximum absolute atomic E-state index is 12.0. The van der Waals surface area contributed by atoms with Gasteiger partial charge >= 0.3 is 5.97 Å². The summed E-state index contributed by atoms with van der Waals surface area (Å²) in [6.45, 7) is -0.704. The highest BCUT2D eigenvalue weighted by Crippen LogP contribution is 2.27. The lowest BCUT2D eigenvalue weighted by atomic mass is 10.2. The molecule has 9 heteroatoms. The second-order valence-corrected chi connectivity index (χ2v) is 6.01. The molecule has 3 rings (SSSR count). The van der Waals surface area contributed by atoms with Crippen LogP contribution in [-0.2, 0) is 9.59 Å². The minimum Gasteiger partial charge on any atom is -0.493 e. The number of carbonyl (C=O) groups excluding carboxylic acids is 1. The molecule has 0 saturated carbocycles. The van der Waals surface area contributed by atoms with Crippen molar-refractivity contribution in [3.8, 4) is 17.2 Å². The molecule has 1 amide bonds. The molecule has 0 bridgehead atoms. The third-order valence-electron chi connectivity index (χ3n) is 3.90. The van der Waals surface area contributed by atoms with Gasteiger partial charge < -0.3 is 19.3 Å². The molecule has 2 N–H and O–H groups in total. The molecule has 3 aromatic rings. The number of carboxylic acids is 1. The zero-order valence-corrected chi connectivity index (χ0v) is 16.1. The van der Waals surface area contributed by atoms with Crippen molar-refractivity contribution >= 4 is 29.0 Å². The Morgan fingerprint density at radius 1 is 1.07 bits per heavy atom. The Hall–Kier alpha value is -4.14. The van der Waals surface area contributed by atoms with Gasteiger partial charge in [0.2, 0.25) is 0 Å². The molecule has 0 saturated heterocycles. The monoisotopic (exact) mass is 409 g/mol. The number of pyridine rings is 1. The van der Waals surface area contributed by atoms with Gasteiger partial charge in [0.05, 0.1) is 13.3 Å². The lowest BCUT2D eigenvalue weighted by Crippen LogP contribution is -2.24. The van der Waals surface area contributed by atoms with E-state index in [1.807, 2.05) is 24.3 Å². The van der Waals surface area contributed by atoms with Crippen LogP contribution >= 0.6 is 0 Å². The fourth-order valence-electron chi connectivity index (χ4n) is 2.57. The molecule has 1 heterocycles. The van der Waals surface area contributed by atoms with Gasteiger partial charge in [-0.15, -0.1) is 0 Å². The molecule has 0 atom stereocenters. The van der Waals surface area contributed by atoms with Gasteiger partial charge in [-0.3, -0.25) is 9.78 Å². The quantitative estimate of drug-likeness (QED) is 0.411. The summed E-state index contributed by atoms with van der Waals surface area (Å²) in [4.78, 5) is 26.9. The van der Waals surface area contributed by atoms with Gasteiger partial charge in [0.25, 0.3) is 5.91 Å². The number of carboxylic acid groups (broad SMARTS) is 1. The molecule has 30 heavy (non-hydrogen) atoms. The van der Waals surface area contributed by atoms with Crippen molar-refractivity contribution in [2.75, 3.05) is 20.3 Å². The minimum absolute atomic E-state index is 0.224. The van der Waals surface area contributed by atoms with Gasteiger partial charge in [-0.1, -0.05) is 18.2 Å². The summed E-state index contributed by atoms with van der Waals surface area (Å²) in [6, 6.07) is 14.0. The van der Waals surface area contributed by atoms with Gasteiger partial charge in [0.1, 0.15) is 11.3 Å². The van der Waals surface area contributed by atoms with Gasteiger partial charge in [-0.2, -0.15) is 5.10 Å². The maximum atomic E-state index is 12.0. The highest BCUT2D eigenvalue weighted by atomic mass is 16.5. The molecule has 1 aromatic heterocycles. The summed E-state index contributed by atoms with van der Waals surface area (Å²) >= 11 is 0. The number of carbonyl (C=O) groups is 2. The van der Waals surface area contributed by atoms with Crippen molar-refractivity contribution in [1.82, 2.24) is 10.4 Å². The van der Waals surface area contributed by atoms with E-state index in [-0.39, 0.29) is 12.4 Å². The van der Waals surface area contributed by atoms with E-state index < -0.39 is 18.5 Å². The molecular formula is C21H19N3O6. The van der Waals surface area contributed by atoms with Crippen LogP contribution < -0.4 is 19.6 Å². The highest BCUT2D eigenvalue weighted by Gasteiger charge is 2.08. The standard InChI is InChI=1S/C21H19N3O6/c1-28-18-10-14(7-8-16(18)30-13-20(26)27)11-23-24-19(25)12-29-17-6-2-4-15-5-3-9-22-21(15)17/h2-11H,12-13H2,1H3,(H,24,25)(H,26,27)/b23-11-. The van der Waals surface area contributed by atoms with Gasteiger partial charge in [0, 0.05) is 11.6 Å². The number of para-hydroxylation sites is 1. The fraction of sp³-hybridized carbons (Fsp3) is 0.143. The number of hydrogen-bond acceptors (Lipinski definition) is 7. The van der Waals surface area contributed by atoms with E-state index in [1.165, 1.54) is 13.3 Å². The summed E-state index contributed by atoms with van der Waals surface area (Å²) in [6.07, 6.45) is 3.08. The summed E-state index contributed by atoms with van der Waals surface area (Å²) < 4.78 is 15.9. The molecule has 0 aliphatic rings. The normalized spacial score (nSPS) is 10.7. The van der Waals surface area contributed by atoms with E-state index in [4.69, 9.17) is 19.3 Å². The van der Waals surface area contributed by atoms with E-state index >= 15 is 0 Å². The van der Waals surface area contributed by atoms with Crippen molar-refractivity contribution in [1.29, 1.82) is 0 Å². The largest absolute Gasteiger partial charge is 0.493 e. The lowest BCUT2D eigenvalue weighted by molar-refractivity contribution is -0.139. The number of hydrogen-bond donors (Lipinski definition) is 2. The van der Waals surface area contributed by atoms with Crippen molar-refractivity contribution in [2.24, 2.45) is 5.10 Å². The lowest BCUT2D eigenvalue weighted by Gasteiger charge is -2.09. The zero-order valence-electron chi connectivity index (χ0n) is 16.1. The second kappa shape index (κ2) is 9.87. The molecule has 0 fully saturated rings. The number of aromatic nitrogens is 1. The minimum atomic E-state index is -1.09. The maximum Gasteiger partial charge on any atom is 0.341 e. The number of nitrogens with zero attached hydrogens (tertiary/aromatic N) is 2. The average molecular weight is 409 g/mol. The summed E-state index contributed by atoms with van der Waals surface area (Å²) in [5, 5.41) is 13.5. The Bertz CT molecular complexity index is 1080. The van der Waals surface area contributed by atoms with E-state index in [0.717, 1.165) is 5.39 Å². The third-order valence-corrected chi connectivity index (χ3v) is 3.90. The molecule has 9 nitrogen and oxygen atoms in total. The Kier molecular flexibility index (Phi) is 6.78. The molecule has 0 aliphatic carbocycles. The van der Waals surface area contributed by atoms with Crippen LogP contribution in [0, 0.1) is 0 Å². The summed E-state index contributed by atoms with van der Waals surface area (Å²) in [5.74, 6) is -0.384. The van der Waals surface area contributed by atoms with Crippen molar-refractivity contribution in [3.63, 3.8) is 0 Å². The number of hydrazone groups is 1. The first-order valence-corrected chi connectivity index (χ1v) is 8.88.